The first-order valence-corrected chi connectivity index (χ1v) is 13.7. The van der Waals surface area contributed by atoms with Gasteiger partial charge in [0.1, 0.15) is 47.5 Å². The molecule has 0 saturated carbocycles. The van der Waals surface area contributed by atoms with E-state index in [0.717, 1.165) is 6.92 Å². The monoisotopic (exact) mass is 562 g/mol. The lowest BCUT2D eigenvalue weighted by Crippen LogP contribution is -2.64. The van der Waals surface area contributed by atoms with Crippen molar-refractivity contribution in [3.63, 3.8) is 0 Å². The van der Waals surface area contributed by atoms with Crippen molar-refractivity contribution < 1.29 is 52.7 Å². The Bertz CT molecular complexity index is 983. The topological polar surface area (TPSA) is 182 Å². The fraction of sp³-hybridized carbons (Fsp3) is 0.667. The lowest BCUT2D eigenvalue weighted by Gasteiger charge is -2.43. The molecular formula is C24H39N2O11P. The fourth-order valence-corrected chi connectivity index (χ4v) is 5.50. The number of esters is 1. The molecule has 1 saturated heterocycles. The minimum Gasteiger partial charge on any atom is -0.497 e. The van der Waals surface area contributed by atoms with Crippen molar-refractivity contribution in [3.05, 3.63) is 24.3 Å². The van der Waals surface area contributed by atoms with E-state index < -0.39 is 74.4 Å². The van der Waals surface area contributed by atoms with Gasteiger partial charge < -0.3 is 39.4 Å². The van der Waals surface area contributed by atoms with Gasteiger partial charge in [-0.15, -0.1) is 0 Å². The molecule has 0 radical (unpaired) electrons. The van der Waals surface area contributed by atoms with Crippen LogP contribution in [0.2, 0.25) is 0 Å². The van der Waals surface area contributed by atoms with E-state index in [1.54, 1.807) is 46.8 Å². The summed E-state index contributed by atoms with van der Waals surface area (Å²) >= 11 is 0. The van der Waals surface area contributed by atoms with E-state index in [0.29, 0.717) is 5.75 Å². The summed E-state index contributed by atoms with van der Waals surface area (Å²) in [6.45, 7) is 8.87. The van der Waals surface area contributed by atoms with Crippen LogP contribution in [0.5, 0.6) is 11.5 Å². The highest BCUT2D eigenvalue weighted by Gasteiger charge is 2.50. The predicted octanol–water partition coefficient (Wildman–Crippen LogP) is 1.10. The van der Waals surface area contributed by atoms with E-state index in [1.165, 1.54) is 19.2 Å². The summed E-state index contributed by atoms with van der Waals surface area (Å²) < 4.78 is 41.6. The van der Waals surface area contributed by atoms with Crippen molar-refractivity contribution in [1.82, 2.24) is 10.4 Å². The van der Waals surface area contributed by atoms with E-state index in [-0.39, 0.29) is 5.75 Å². The third-order valence-corrected chi connectivity index (χ3v) is 6.98. The van der Waals surface area contributed by atoms with Crippen LogP contribution >= 0.6 is 7.75 Å². The van der Waals surface area contributed by atoms with Crippen molar-refractivity contribution in [2.24, 2.45) is 5.92 Å². The number of methoxy groups -OCH3 is 1. The van der Waals surface area contributed by atoms with Gasteiger partial charge in [0.15, 0.2) is 6.29 Å². The molecule has 1 heterocycles. The first-order valence-electron chi connectivity index (χ1n) is 12.1. The van der Waals surface area contributed by atoms with Gasteiger partial charge in [0.2, 0.25) is 5.91 Å². The Kier molecular flexibility index (Phi) is 11.1. The quantitative estimate of drug-likeness (QED) is 0.192. The normalized spacial score (nSPS) is 26.2. The van der Waals surface area contributed by atoms with Gasteiger partial charge in [-0.3, -0.25) is 14.1 Å². The molecule has 2 unspecified atom stereocenters. The van der Waals surface area contributed by atoms with Crippen molar-refractivity contribution >= 4 is 19.6 Å². The van der Waals surface area contributed by atoms with Crippen LogP contribution in [0.25, 0.3) is 0 Å². The maximum Gasteiger partial charge on any atom is 0.459 e. The third kappa shape index (κ3) is 8.91. The smallest absolute Gasteiger partial charge is 0.459 e. The van der Waals surface area contributed by atoms with Crippen LogP contribution < -0.4 is 19.7 Å². The molecule has 0 aromatic heterocycles. The molecule has 5 N–H and O–H groups in total. The minimum absolute atomic E-state index is 0.0604. The molecule has 0 spiro atoms. The van der Waals surface area contributed by atoms with Crippen LogP contribution in [0.1, 0.15) is 41.5 Å². The molecule has 38 heavy (non-hydrogen) atoms. The Morgan fingerprint density at radius 3 is 2.18 bits per heavy atom. The van der Waals surface area contributed by atoms with E-state index in [1.807, 2.05) is 0 Å². The van der Waals surface area contributed by atoms with Gasteiger partial charge in [-0.2, -0.15) is 5.09 Å². The number of benzene rings is 1. The second kappa shape index (κ2) is 13.2. The van der Waals surface area contributed by atoms with Crippen LogP contribution in [0.3, 0.4) is 0 Å². The first-order chi connectivity index (χ1) is 17.6. The highest BCUT2D eigenvalue weighted by molar-refractivity contribution is 7.52. The Hall–Kier alpha value is -2.25. The number of rotatable bonds is 11. The average molecular weight is 563 g/mol. The third-order valence-electron chi connectivity index (χ3n) is 5.41. The zero-order chi connectivity index (χ0) is 28.8. The van der Waals surface area contributed by atoms with Gasteiger partial charge in [-0.05, 0) is 51.0 Å². The van der Waals surface area contributed by atoms with Crippen LogP contribution in [0, 0.1) is 5.92 Å². The van der Waals surface area contributed by atoms with E-state index in [2.05, 4.69) is 10.4 Å². The summed E-state index contributed by atoms with van der Waals surface area (Å²) in [5.41, 5.74) is -0.848. The Morgan fingerprint density at radius 2 is 1.71 bits per heavy atom. The molecule has 1 aromatic carbocycles. The summed E-state index contributed by atoms with van der Waals surface area (Å²) in [6.07, 6.45) is -6.32. The van der Waals surface area contributed by atoms with E-state index in [9.17, 15) is 29.5 Å². The van der Waals surface area contributed by atoms with Crippen LogP contribution in [0.15, 0.2) is 24.3 Å². The SMILES string of the molecule is COc1ccc(OP(=O)(N[C@H](C(=O)OC(C)(C)C)C(C)C)O[C@H]2[C@H](O)[C@@H](CO)OC(O)[C@@H]2NC(C)=O)cc1. The Morgan fingerprint density at radius 1 is 1.13 bits per heavy atom. The fourth-order valence-electron chi connectivity index (χ4n) is 3.62. The number of carbonyl (C=O) groups excluding carboxylic acids is 2. The highest BCUT2D eigenvalue weighted by Crippen LogP contribution is 2.49. The van der Waals surface area contributed by atoms with Gasteiger partial charge in [0.25, 0.3) is 0 Å². The maximum absolute atomic E-state index is 14.3. The molecule has 0 bridgehead atoms. The Labute approximate surface area is 222 Å². The lowest BCUT2D eigenvalue weighted by molar-refractivity contribution is -0.250. The second-order valence-corrected chi connectivity index (χ2v) is 11.8. The van der Waals surface area contributed by atoms with E-state index >= 15 is 0 Å². The van der Waals surface area contributed by atoms with Crippen molar-refractivity contribution in [3.8, 4) is 11.5 Å². The number of hydrogen-bond donors (Lipinski definition) is 5. The molecule has 1 aromatic rings. The molecule has 14 heteroatoms. The molecule has 0 aliphatic carbocycles. The zero-order valence-electron chi connectivity index (χ0n) is 22.6. The molecule has 1 amide bonds. The zero-order valence-corrected chi connectivity index (χ0v) is 23.5. The van der Waals surface area contributed by atoms with E-state index in [4.69, 9.17) is 23.3 Å². The number of carbonyl (C=O) groups is 2. The van der Waals surface area contributed by atoms with Crippen LogP contribution in [0.4, 0.5) is 0 Å². The van der Waals surface area contributed by atoms with Gasteiger partial charge in [0.05, 0.1) is 13.7 Å². The number of nitrogens with one attached hydrogen (secondary N) is 2. The first kappa shape index (κ1) is 32.0. The maximum atomic E-state index is 14.3. The van der Waals surface area contributed by atoms with Crippen molar-refractivity contribution in [2.75, 3.05) is 13.7 Å². The minimum atomic E-state index is -4.60. The summed E-state index contributed by atoms with van der Waals surface area (Å²) in [5, 5.41) is 35.9. The van der Waals surface area contributed by atoms with Gasteiger partial charge >= 0.3 is 13.7 Å². The second-order valence-electron chi connectivity index (χ2n) is 10.2. The predicted molar refractivity (Wildman–Crippen MR) is 135 cm³/mol. The summed E-state index contributed by atoms with van der Waals surface area (Å²) in [7, 11) is -3.13. The van der Waals surface area contributed by atoms with Crippen LogP contribution in [-0.4, -0.2) is 83.2 Å². The van der Waals surface area contributed by atoms with Crippen molar-refractivity contribution in [1.29, 1.82) is 0 Å². The number of hydrogen-bond acceptors (Lipinski definition) is 11. The van der Waals surface area contributed by atoms with Gasteiger partial charge in [-0.1, -0.05) is 13.8 Å². The summed E-state index contributed by atoms with van der Waals surface area (Å²) in [5.74, 6) is -1.23. The molecule has 216 valence electrons. The average Bonchev–Trinajstić information content (AvgIpc) is 2.81. The van der Waals surface area contributed by atoms with Crippen LogP contribution in [-0.2, 0) is 28.2 Å². The van der Waals surface area contributed by atoms with Crippen molar-refractivity contribution in [2.45, 2.75) is 83.8 Å². The number of aliphatic hydroxyl groups excluding tert-OH is 3. The molecule has 1 aliphatic heterocycles. The summed E-state index contributed by atoms with van der Waals surface area (Å²) in [4.78, 5) is 24.8. The Balaban J connectivity index is 2.51. The molecule has 2 rings (SSSR count). The molecule has 1 fully saturated rings. The molecule has 7 atom stereocenters. The number of ether oxygens (including phenoxy) is 3. The standard InChI is InChI=1S/C24H39N2O11P/c1-13(2)18(23(31)35-24(4,5)6)26-38(32,36-16-10-8-15(33-7)9-11-16)37-21-19(25-14(3)28)22(30)34-17(12-27)20(21)29/h8-11,13,17-22,27,29-30H,12H2,1-7H3,(H,25,28)(H,26,32)/t17-,18+,19-,20-,21-,22?,38?/m1/s1. The lowest BCUT2D eigenvalue weighted by atomic mass is 9.97. The largest absolute Gasteiger partial charge is 0.497 e. The highest BCUT2D eigenvalue weighted by atomic mass is 31.2. The van der Waals surface area contributed by atoms with Gasteiger partial charge in [0, 0.05) is 6.92 Å². The number of aliphatic hydroxyl groups is 3. The molecule has 13 nitrogen and oxygen atoms in total. The molecule has 1 aliphatic rings. The van der Waals surface area contributed by atoms with Gasteiger partial charge in [-0.25, -0.2) is 4.57 Å². The molecular weight excluding hydrogens is 523 g/mol. The number of amides is 1. The summed E-state index contributed by atoms with van der Waals surface area (Å²) in [6, 6.07) is 3.40.